The lowest BCUT2D eigenvalue weighted by Gasteiger charge is -2.23. The Hall–Kier alpha value is -1.95. The number of aromatic nitrogens is 4. The number of nitrogens with zero attached hydrogens (tertiary/aromatic N) is 4. The molecule has 1 atom stereocenters. The Morgan fingerprint density at radius 1 is 1.33 bits per heavy atom. The van der Waals surface area contributed by atoms with E-state index >= 15 is 0 Å². The maximum absolute atomic E-state index is 9.93. The number of hydrogen-bond acceptors (Lipinski definition) is 5. The molecule has 0 spiro atoms. The van der Waals surface area contributed by atoms with Gasteiger partial charge in [0.15, 0.2) is 5.82 Å². The number of aryl methyl sites for hydroxylation is 2. The van der Waals surface area contributed by atoms with E-state index in [1.807, 2.05) is 6.07 Å². The van der Waals surface area contributed by atoms with Crippen molar-refractivity contribution in [2.24, 2.45) is 7.05 Å². The second-order valence-corrected chi connectivity index (χ2v) is 5.70. The highest BCUT2D eigenvalue weighted by Gasteiger charge is 2.13. The van der Waals surface area contributed by atoms with Crippen molar-refractivity contribution in [1.29, 1.82) is 0 Å². The summed E-state index contributed by atoms with van der Waals surface area (Å²) in [6.45, 7) is 1.13. The minimum absolute atomic E-state index is 0.266. The molecule has 1 fully saturated rings. The predicted octanol–water partition coefficient (Wildman–Crippen LogP) is 1.66. The Bertz CT molecular complexity index is 604. The van der Waals surface area contributed by atoms with E-state index < -0.39 is 0 Å². The molecule has 2 N–H and O–H groups in total. The van der Waals surface area contributed by atoms with Crippen LogP contribution in [0, 0.1) is 0 Å². The van der Waals surface area contributed by atoms with Crippen LogP contribution < -0.4 is 5.32 Å². The SMILES string of the molecule is Cn1nnnc1-c1cc(O)cc(CC[C@H]2CCCCN2)c1. The molecule has 6 heteroatoms. The zero-order valence-electron chi connectivity index (χ0n) is 12.3. The first kappa shape index (κ1) is 14.0. The molecule has 2 aromatic rings. The van der Waals surface area contributed by atoms with E-state index in [4.69, 9.17) is 0 Å². The van der Waals surface area contributed by atoms with Gasteiger partial charge in [0.25, 0.3) is 0 Å². The number of nitrogens with one attached hydrogen (secondary N) is 1. The molecule has 2 heterocycles. The Balaban J connectivity index is 1.73. The quantitative estimate of drug-likeness (QED) is 0.894. The lowest BCUT2D eigenvalue weighted by Crippen LogP contribution is -2.34. The second kappa shape index (κ2) is 6.22. The van der Waals surface area contributed by atoms with Gasteiger partial charge in [-0.15, -0.1) is 5.10 Å². The van der Waals surface area contributed by atoms with Gasteiger partial charge >= 0.3 is 0 Å². The number of piperidine rings is 1. The average molecular weight is 287 g/mol. The van der Waals surface area contributed by atoms with Crippen LogP contribution in [0.1, 0.15) is 31.2 Å². The molecular weight excluding hydrogens is 266 g/mol. The Kier molecular flexibility index (Phi) is 4.15. The van der Waals surface area contributed by atoms with E-state index in [1.54, 1.807) is 17.8 Å². The summed E-state index contributed by atoms with van der Waals surface area (Å²) in [7, 11) is 1.80. The van der Waals surface area contributed by atoms with Gasteiger partial charge in [0, 0.05) is 18.7 Å². The van der Waals surface area contributed by atoms with Crippen molar-refractivity contribution >= 4 is 0 Å². The fourth-order valence-electron chi connectivity index (χ4n) is 2.93. The van der Waals surface area contributed by atoms with Gasteiger partial charge in [-0.2, -0.15) is 0 Å². The van der Waals surface area contributed by atoms with E-state index in [9.17, 15) is 5.11 Å². The van der Waals surface area contributed by atoms with Gasteiger partial charge in [-0.3, -0.25) is 0 Å². The van der Waals surface area contributed by atoms with Crippen LogP contribution in [0.25, 0.3) is 11.4 Å². The third-order valence-corrected chi connectivity index (χ3v) is 4.05. The minimum Gasteiger partial charge on any atom is -0.508 e. The van der Waals surface area contributed by atoms with Gasteiger partial charge in [-0.05, 0) is 66.4 Å². The molecule has 21 heavy (non-hydrogen) atoms. The number of rotatable bonds is 4. The summed E-state index contributed by atoms with van der Waals surface area (Å²) >= 11 is 0. The molecule has 0 aliphatic carbocycles. The summed E-state index contributed by atoms with van der Waals surface area (Å²) in [6.07, 6.45) is 5.89. The highest BCUT2D eigenvalue weighted by Crippen LogP contribution is 2.24. The van der Waals surface area contributed by atoms with E-state index in [-0.39, 0.29) is 5.75 Å². The van der Waals surface area contributed by atoms with Crippen molar-refractivity contribution < 1.29 is 5.11 Å². The van der Waals surface area contributed by atoms with E-state index in [0.29, 0.717) is 11.9 Å². The molecule has 3 rings (SSSR count). The highest BCUT2D eigenvalue weighted by atomic mass is 16.3. The first-order valence-corrected chi connectivity index (χ1v) is 7.51. The summed E-state index contributed by atoms with van der Waals surface area (Å²) in [4.78, 5) is 0. The molecule has 0 radical (unpaired) electrons. The van der Waals surface area contributed by atoms with Crippen molar-refractivity contribution in [3.05, 3.63) is 23.8 Å². The van der Waals surface area contributed by atoms with E-state index in [2.05, 4.69) is 26.9 Å². The number of phenolic OH excluding ortho intramolecular Hbond substituents is 1. The Labute approximate surface area is 124 Å². The monoisotopic (exact) mass is 287 g/mol. The van der Waals surface area contributed by atoms with Crippen molar-refractivity contribution in [3.63, 3.8) is 0 Å². The normalized spacial score (nSPS) is 18.8. The van der Waals surface area contributed by atoms with Crippen LogP contribution in [0.3, 0.4) is 0 Å². The lowest BCUT2D eigenvalue weighted by molar-refractivity contribution is 0.382. The number of phenols is 1. The number of hydrogen-bond donors (Lipinski definition) is 2. The second-order valence-electron chi connectivity index (χ2n) is 5.70. The van der Waals surface area contributed by atoms with Crippen LogP contribution in [-0.2, 0) is 13.5 Å². The van der Waals surface area contributed by atoms with Crippen LogP contribution in [0.15, 0.2) is 18.2 Å². The van der Waals surface area contributed by atoms with Crippen LogP contribution >= 0.6 is 0 Å². The van der Waals surface area contributed by atoms with Gasteiger partial charge in [0.1, 0.15) is 5.75 Å². The molecule has 1 aliphatic rings. The number of tetrazole rings is 1. The van der Waals surface area contributed by atoms with Crippen molar-refractivity contribution in [3.8, 4) is 17.1 Å². The van der Waals surface area contributed by atoms with Gasteiger partial charge in [0.05, 0.1) is 0 Å². The predicted molar refractivity (Wildman–Crippen MR) is 79.9 cm³/mol. The van der Waals surface area contributed by atoms with Crippen molar-refractivity contribution in [2.45, 2.75) is 38.1 Å². The van der Waals surface area contributed by atoms with E-state index in [0.717, 1.165) is 30.5 Å². The molecular formula is C15H21N5O. The average Bonchev–Trinajstić information content (AvgIpc) is 2.92. The molecule has 112 valence electrons. The van der Waals surface area contributed by atoms with Gasteiger partial charge in [0.2, 0.25) is 0 Å². The van der Waals surface area contributed by atoms with Crippen molar-refractivity contribution in [1.82, 2.24) is 25.5 Å². The number of aromatic hydroxyl groups is 1. The molecule has 0 bridgehead atoms. The molecule has 0 unspecified atom stereocenters. The summed E-state index contributed by atoms with van der Waals surface area (Å²) in [6, 6.07) is 6.19. The van der Waals surface area contributed by atoms with Crippen LogP contribution in [-0.4, -0.2) is 37.9 Å². The first-order valence-electron chi connectivity index (χ1n) is 7.51. The molecule has 0 saturated carbocycles. The number of benzene rings is 1. The Morgan fingerprint density at radius 3 is 2.95 bits per heavy atom. The maximum Gasteiger partial charge on any atom is 0.181 e. The fraction of sp³-hybridized carbons (Fsp3) is 0.533. The minimum atomic E-state index is 0.266. The highest BCUT2D eigenvalue weighted by molar-refractivity contribution is 5.58. The summed E-state index contributed by atoms with van der Waals surface area (Å²) in [5.41, 5.74) is 1.98. The summed E-state index contributed by atoms with van der Waals surface area (Å²) in [5, 5.41) is 25.0. The Morgan fingerprint density at radius 2 is 2.24 bits per heavy atom. The molecule has 1 aromatic heterocycles. The molecule has 1 aliphatic heterocycles. The summed E-state index contributed by atoms with van der Waals surface area (Å²) < 4.78 is 1.61. The smallest absolute Gasteiger partial charge is 0.181 e. The first-order chi connectivity index (χ1) is 10.2. The van der Waals surface area contributed by atoms with E-state index in [1.165, 1.54) is 19.3 Å². The largest absolute Gasteiger partial charge is 0.508 e. The van der Waals surface area contributed by atoms with Crippen LogP contribution in [0.2, 0.25) is 0 Å². The third-order valence-electron chi connectivity index (χ3n) is 4.05. The van der Waals surface area contributed by atoms with Gasteiger partial charge in [-0.1, -0.05) is 6.42 Å². The van der Waals surface area contributed by atoms with Crippen LogP contribution in [0.5, 0.6) is 5.75 Å². The summed E-state index contributed by atoms with van der Waals surface area (Å²) in [5.74, 6) is 0.935. The lowest BCUT2D eigenvalue weighted by atomic mass is 9.97. The fourth-order valence-corrected chi connectivity index (χ4v) is 2.93. The van der Waals surface area contributed by atoms with Gasteiger partial charge < -0.3 is 10.4 Å². The zero-order valence-corrected chi connectivity index (χ0v) is 12.3. The topological polar surface area (TPSA) is 75.9 Å². The van der Waals surface area contributed by atoms with Crippen LogP contribution in [0.4, 0.5) is 0 Å². The third kappa shape index (κ3) is 3.39. The standard InChI is InChI=1S/C15H21N5O/c1-20-15(17-18-19-20)12-8-11(9-14(21)10-12)5-6-13-4-2-3-7-16-13/h8-10,13,16,21H,2-7H2,1H3/t13-/m1/s1. The molecule has 1 aromatic carbocycles. The van der Waals surface area contributed by atoms with Gasteiger partial charge in [-0.25, -0.2) is 4.68 Å². The maximum atomic E-state index is 9.93. The zero-order chi connectivity index (χ0) is 14.7. The van der Waals surface area contributed by atoms with Crippen molar-refractivity contribution in [2.75, 3.05) is 6.54 Å². The molecule has 6 nitrogen and oxygen atoms in total. The molecule has 1 saturated heterocycles. The molecule has 0 amide bonds.